The molecule has 0 spiro atoms. The number of ether oxygens (including phenoxy) is 4. The number of carbonyl (C=O) groups is 2. The molecule has 4 rings (SSSR count). The summed E-state index contributed by atoms with van der Waals surface area (Å²) < 4.78 is 21.6. The zero-order chi connectivity index (χ0) is 24.8. The Bertz CT molecular complexity index is 1250. The number of hydrazone groups is 1. The molecule has 0 radical (unpaired) electrons. The minimum absolute atomic E-state index is 0.135. The third-order valence-electron chi connectivity index (χ3n) is 5.25. The van der Waals surface area contributed by atoms with Crippen molar-refractivity contribution in [3.63, 3.8) is 0 Å². The van der Waals surface area contributed by atoms with Crippen LogP contribution in [0.2, 0.25) is 0 Å². The van der Waals surface area contributed by atoms with E-state index < -0.39 is 5.97 Å². The molecule has 1 aliphatic heterocycles. The summed E-state index contributed by atoms with van der Waals surface area (Å²) in [6, 6.07) is 17.6. The lowest BCUT2D eigenvalue weighted by molar-refractivity contribution is -0.123. The Morgan fingerprint density at radius 2 is 1.80 bits per heavy atom. The molecule has 0 aromatic heterocycles. The van der Waals surface area contributed by atoms with Crippen molar-refractivity contribution >= 4 is 18.1 Å². The molecule has 0 saturated heterocycles. The summed E-state index contributed by atoms with van der Waals surface area (Å²) in [5.41, 5.74) is 5.64. The van der Waals surface area contributed by atoms with Crippen LogP contribution < -0.4 is 24.4 Å². The van der Waals surface area contributed by atoms with Crippen LogP contribution in [-0.4, -0.2) is 31.5 Å². The van der Waals surface area contributed by atoms with Gasteiger partial charge in [0.2, 0.25) is 6.79 Å². The number of carbonyl (C=O) groups excluding carboxylic acids is 2. The average molecular weight is 475 g/mol. The van der Waals surface area contributed by atoms with Crippen molar-refractivity contribution in [1.29, 1.82) is 0 Å². The topological polar surface area (TPSA) is 95.5 Å². The van der Waals surface area contributed by atoms with Crippen molar-refractivity contribution < 1.29 is 28.5 Å². The van der Waals surface area contributed by atoms with Crippen molar-refractivity contribution in [2.75, 3.05) is 13.4 Å². The standard InChI is InChI=1S/C27H26N2O6/c1-17(2)22-10-4-18(3)12-24(22)32-15-26(30)29-28-14-19-5-8-21(9-6-19)35-27(31)20-7-11-23-25(13-20)34-16-33-23/h4-14,17H,15-16H2,1-3H3,(H,29,30)/b28-14+. The summed E-state index contributed by atoms with van der Waals surface area (Å²) in [6.07, 6.45) is 1.49. The SMILES string of the molecule is Cc1ccc(C(C)C)c(OCC(=O)N/N=C/c2ccc(OC(=O)c3ccc4c(c3)OCO4)cc2)c1. The second kappa shape index (κ2) is 10.7. The lowest BCUT2D eigenvalue weighted by atomic mass is 10.0. The number of esters is 1. The largest absolute Gasteiger partial charge is 0.483 e. The smallest absolute Gasteiger partial charge is 0.343 e. The Hall–Kier alpha value is -4.33. The Balaban J connectivity index is 1.27. The van der Waals surface area contributed by atoms with Crippen molar-refractivity contribution in [1.82, 2.24) is 5.43 Å². The molecular weight excluding hydrogens is 448 g/mol. The fourth-order valence-corrected chi connectivity index (χ4v) is 3.41. The summed E-state index contributed by atoms with van der Waals surface area (Å²) in [4.78, 5) is 24.5. The number of nitrogens with one attached hydrogen (secondary N) is 1. The third kappa shape index (κ3) is 6.17. The fourth-order valence-electron chi connectivity index (χ4n) is 3.41. The normalized spacial score (nSPS) is 12.1. The van der Waals surface area contributed by atoms with Crippen molar-refractivity contribution in [2.45, 2.75) is 26.7 Å². The number of hydrogen-bond acceptors (Lipinski definition) is 7. The predicted molar refractivity (Wildman–Crippen MR) is 130 cm³/mol. The van der Waals surface area contributed by atoms with Crippen LogP contribution >= 0.6 is 0 Å². The lowest BCUT2D eigenvalue weighted by Crippen LogP contribution is -2.25. The van der Waals surface area contributed by atoms with Crippen molar-refractivity contribution in [2.24, 2.45) is 5.10 Å². The van der Waals surface area contributed by atoms with Gasteiger partial charge in [0.05, 0.1) is 11.8 Å². The number of amides is 1. The molecule has 35 heavy (non-hydrogen) atoms. The van der Waals surface area contributed by atoms with Crippen LogP contribution in [0, 0.1) is 6.92 Å². The molecule has 1 aliphatic rings. The van der Waals surface area contributed by atoms with Crippen LogP contribution in [0.15, 0.2) is 65.8 Å². The van der Waals surface area contributed by atoms with E-state index in [1.807, 2.05) is 25.1 Å². The minimum atomic E-state index is -0.508. The van der Waals surface area contributed by atoms with E-state index in [0.717, 1.165) is 16.7 Å². The van der Waals surface area contributed by atoms with Gasteiger partial charge >= 0.3 is 5.97 Å². The van der Waals surface area contributed by atoms with Crippen molar-refractivity contribution in [3.8, 4) is 23.0 Å². The van der Waals surface area contributed by atoms with Crippen LogP contribution in [0.5, 0.6) is 23.0 Å². The second-order valence-corrected chi connectivity index (χ2v) is 8.30. The number of fused-ring (bicyclic) bond motifs is 1. The van der Waals surface area contributed by atoms with Gasteiger partial charge in [-0.1, -0.05) is 26.0 Å². The monoisotopic (exact) mass is 474 g/mol. The van der Waals surface area contributed by atoms with E-state index in [0.29, 0.717) is 28.6 Å². The van der Waals surface area contributed by atoms with Crippen LogP contribution in [0.4, 0.5) is 0 Å². The molecule has 0 unspecified atom stereocenters. The van der Waals surface area contributed by atoms with Crippen LogP contribution in [0.1, 0.15) is 46.8 Å². The lowest BCUT2D eigenvalue weighted by Gasteiger charge is -2.14. The summed E-state index contributed by atoms with van der Waals surface area (Å²) in [7, 11) is 0. The van der Waals surface area contributed by atoms with E-state index in [1.54, 1.807) is 42.5 Å². The van der Waals surface area contributed by atoms with Gasteiger partial charge in [0.15, 0.2) is 18.1 Å². The zero-order valence-electron chi connectivity index (χ0n) is 19.7. The highest BCUT2D eigenvalue weighted by molar-refractivity contribution is 5.92. The first-order valence-corrected chi connectivity index (χ1v) is 11.2. The Labute approximate surface area is 203 Å². The van der Waals surface area contributed by atoms with Crippen molar-refractivity contribution in [3.05, 3.63) is 82.9 Å². The Morgan fingerprint density at radius 3 is 2.57 bits per heavy atom. The summed E-state index contributed by atoms with van der Waals surface area (Å²) >= 11 is 0. The number of aryl methyl sites for hydroxylation is 1. The molecule has 8 nitrogen and oxygen atoms in total. The van der Waals surface area contributed by atoms with Crippen LogP contribution in [-0.2, 0) is 4.79 Å². The molecule has 180 valence electrons. The molecule has 1 heterocycles. The summed E-state index contributed by atoms with van der Waals surface area (Å²) in [5.74, 6) is 1.59. The first-order valence-electron chi connectivity index (χ1n) is 11.2. The molecule has 8 heteroatoms. The quantitative estimate of drug-likeness (QED) is 0.222. The molecular formula is C27H26N2O6. The average Bonchev–Trinajstić information content (AvgIpc) is 3.31. The maximum Gasteiger partial charge on any atom is 0.343 e. The first-order chi connectivity index (χ1) is 16.9. The van der Waals surface area contributed by atoms with E-state index in [2.05, 4.69) is 24.4 Å². The molecule has 0 fully saturated rings. The fraction of sp³-hybridized carbons (Fsp3) is 0.222. The van der Waals surface area contributed by atoms with Gasteiger partial charge < -0.3 is 18.9 Å². The maximum atomic E-state index is 12.4. The number of benzene rings is 3. The highest BCUT2D eigenvalue weighted by atomic mass is 16.7. The van der Waals surface area contributed by atoms with Crippen LogP contribution in [0.25, 0.3) is 0 Å². The van der Waals surface area contributed by atoms with Gasteiger partial charge in [-0.3, -0.25) is 4.79 Å². The van der Waals surface area contributed by atoms with Crippen LogP contribution in [0.3, 0.4) is 0 Å². The minimum Gasteiger partial charge on any atom is -0.483 e. The molecule has 3 aromatic carbocycles. The molecule has 0 aliphatic carbocycles. The number of rotatable bonds is 8. The van der Waals surface area contributed by atoms with Gasteiger partial charge in [-0.2, -0.15) is 5.10 Å². The highest BCUT2D eigenvalue weighted by Gasteiger charge is 2.17. The van der Waals surface area contributed by atoms with Gasteiger partial charge in [0, 0.05) is 0 Å². The predicted octanol–water partition coefficient (Wildman–Crippen LogP) is 4.60. The van der Waals surface area contributed by atoms with Gasteiger partial charge in [-0.05, 0) is 78.1 Å². The zero-order valence-corrected chi connectivity index (χ0v) is 19.7. The highest BCUT2D eigenvalue weighted by Crippen LogP contribution is 2.33. The number of nitrogens with zero attached hydrogens (tertiary/aromatic N) is 1. The molecule has 0 atom stereocenters. The first kappa shape index (κ1) is 23.8. The van der Waals surface area contributed by atoms with E-state index in [4.69, 9.17) is 18.9 Å². The van der Waals surface area contributed by atoms with E-state index in [1.165, 1.54) is 6.21 Å². The van der Waals surface area contributed by atoms with E-state index >= 15 is 0 Å². The van der Waals surface area contributed by atoms with Gasteiger partial charge in [-0.15, -0.1) is 0 Å². The molecule has 3 aromatic rings. The molecule has 0 bridgehead atoms. The molecule has 1 N–H and O–H groups in total. The summed E-state index contributed by atoms with van der Waals surface area (Å²) in [5, 5.41) is 3.96. The Morgan fingerprint density at radius 1 is 1.03 bits per heavy atom. The van der Waals surface area contributed by atoms with Gasteiger partial charge in [-0.25, -0.2) is 10.2 Å². The molecule has 1 amide bonds. The van der Waals surface area contributed by atoms with Gasteiger partial charge in [0.25, 0.3) is 5.91 Å². The number of hydrogen-bond donors (Lipinski definition) is 1. The van der Waals surface area contributed by atoms with E-state index in [-0.39, 0.29) is 25.2 Å². The summed E-state index contributed by atoms with van der Waals surface area (Å²) in [6.45, 7) is 6.12. The van der Waals surface area contributed by atoms with E-state index in [9.17, 15) is 9.59 Å². The molecule has 0 saturated carbocycles. The maximum absolute atomic E-state index is 12.4. The van der Waals surface area contributed by atoms with Gasteiger partial charge in [0.1, 0.15) is 11.5 Å². The Kier molecular flexibility index (Phi) is 7.30. The second-order valence-electron chi connectivity index (χ2n) is 8.30. The third-order valence-corrected chi connectivity index (χ3v) is 5.25.